The van der Waals surface area contributed by atoms with E-state index in [1.165, 1.54) is 11.1 Å². The molecular weight excluding hydrogens is 391 g/mol. The zero-order valence-corrected chi connectivity index (χ0v) is 21.2. The molecule has 0 aromatic carbocycles. The summed E-state index contributed by atoms with van der Waals surface area (Å²) >= 11 is 0. The van der Waals surface area contributed by atoms with Crippen LogP contribution in [0.25, 0.3) is 0 Å². The molecule has 5 heteroatoms. The number of carboxylic acids is 1. The van der Waals surface area contributed by atoms with Gasteiger partial charge in [-0.05, 0) is 99.0 Å². The molecule has 1 N–H and O–H groups in total. The molecule has 5 rings (SSSR count). The Bertz CT molecular complexity index is 829. The standard InChI is InChI=1S/C24H32O4.K/c1-22-10-7-19-15(17(22)8-11-24(22,28)12-9-21(26)27)4-3-14-13-20(25)16-5-6-18(16)23(14,19)2;/h13,15,17,19,28H,3-12H2,1-2H3,(H,26,27);/q;+1/p-1/t15?,17?,19?,22-,23+,24+;/m0./s1. The number of carboxylic acid groups (broad SMARTS) is 1. The Morgan fingerprint density at radius 1 is 1.14 bits per heavy atom. The molecule has 0 aromatic rings. The molecule has 3 fully saturated rings. The SMILES string of the molecule is C[C@@]12C(=CC(=O)C3=C1CC3)CCC1C2CC[C@@]2(C)C1CC[C@@]2(O)CCC(=O)[O-].[K+]. The largest absolute Gasteiger partial charge is 1.00 e. The number of hydrogen-bond donors (Lipinski definition) is 1. The van der Waals surface area contributed by atoms with Gasteiger partial charge in [0.15, 0.2) is 5.78 Å². The number of carbonyl (C=O) groups excluding carboxylic acids is 2. The monoisotopic (exact) mass is 422 g/mol. The number of aliphatic carboxylic acids is 1. The van der Waals surface area contributed by atoms with Crippen molar-refractivity contribution in [3.8, 4) is 0 Å². The van der Waals surface area contributed by atoms with Gasteiger partial charge in [0.2, 0.25) is 0 Å². The van der Waals surface area contributed by atoms with Gasteiger partial charge in [-0.25, -0.2) is 0 Å². The Hall–Kier alpha value is 0.216. The maximum atomic E-state index is 12.4. The summed E-state index contributed by atoms with van der Waals surface area (Å²) < 4.78 is 0. The van der Waals surface area contributed by atoms with Crippen LogP contribution in [0.4, 0.5) is 0 Å². The Balaban J connectivity index is 0.00000205. The van der Waals surface area contributed by atoms with Gasteiger partial charge in [0, 0.05) is 11.4 Å². The van der Waals surface area contributed by atoms with E-state index in [2.05, 4.69) is 13.8 Å². The van der Waals surface area contributed by atoms with Crippen LogP contribution in [0.2, 0.25) is 0 Å². The molecule has 6 atom stereocenters. The van der Waals surface area contributed by atoms with Crippen molar-refractivity contribution in [1.82, 2.24) is 0 Å². The van der Waals surface area contributed by atoms with Gasteiger partial charge in [0.25, 0.3) is 0 Å². The van der Waals surface area contributed by atoms with Gasteiger partial charge in [-0.1, -0.05) is 25.0 Å². The molecule has 0 aromatic heterocycles. The van der Waals surface area contributed by atoms with Crippen molar-refractivity contribution in [3.05, 3.63) is 22.8 Å². The fourth-order valence-corrected chi connectivity index (χ4v) is 8.16. The molecule has 152 valence electrons. The van der Waals surface area contributed by atoms with Crippen LogP contribution < -0.4 is 56.5 Å². The third-order valence-electron chi connectivity index (χ3n) is 9.88. The van der Waals surface area contributed by atoms with Crippen molar-refractivity contribution >= 4 is 11.8 Å². The maximum Gasteiger partial charge on any atom is 1.00 e. The molecule has 3 saturated carbocycles. The minimum Gasteiger partial charge on any atom is -0.550 e. The summed E-state index contributed by atoms with van der Waals surface area (Å²) in [7, 11) is 0. The molecule has 4 nitrogen and oxygen atoms in total. The Morgan fingerprint density at radius 2 is 1.86 bits per heavy atom. The quantitative estimate of drug-likeness (QED) is 0.654. The van der Waals surface area contributed by atoms with Crippen molar-refractivity contribution in [2.45, 2.75) is 83.7 Å². The summed E-state index contributed by atoms with van der Waals surface area (Å²) in [6.45, 7) is 4.60. The van der Waals surface area contributed by atoms with E-state index in [-0.39, 0.29) is 74.4 Å². The van der Waals surface area contributed by atoms with Crippen LogP contribution in [0, 0.1) is 28.6 Å². The fourth-order valence-electron chi connectivity index (χ4n) is 8.16. The van der Waals surface area contributed by atoms with Crippen molar-refractivity contribution in [3.63, 3.8) is 0 Å². The first-order valence-corrected chi connectivity index (χ1v) is 11.1. The second kappa shape index (κ2) is 7.38. The van der Waals surface area contributed by atoms with Crippen LogP contribution in [0.15, 0.2) is 22.8 Å². The van der Waals surface area contributed by atoms with E-state index in [4.69, 9.17) is 0 Å². The van der Waals surface area contributed by atoms with Gasteiger partial charge in [-0.3, -0.25) is 4.79 Å². The minimum absolute atomic E-state index is 0. The van der Waals surface area contributed by atoms with Crippen LogP contribution in [0.1, 0.15) is 78.1 Å². The van der Waals surface area contributed by atoms with Crippen molar-refractivity contribution in [2.75, 3.05) is 0 Å². The molecule has 0 aliphatic heterocycles. The van der Waals surface area contributed by atoms with E-state index in [1.54, 1.807) is 0 Å². The van der Waals surface area contributed by atoms with Gasteiger partial charge >= 0.3 is 51.4 Å². The van der Waals surface area contributed by atoms with Gasteiger partial charge in [0.1, 0.15) is 0 Å². The Kier molecular flexibility index (Phi) is 5.70. The third-order valence-corrected chi connectivity index (χ3v) is 9.88. The zero-order chi connectivity index (χ0) is 19.9. The fraction of sp³-hybridized carbons (Fsp3) is 0.750. The zero-order valence-electron chi connectivity index (χ0n) is 18.1. The summed E-state index contributed by atoms with van der Waals surface area (Å²) in [6.07, 6.45) is 9.99. The number of ketones is 1. The first-order chi connectivity index (χ1) is 13.2. The number of fused-ring (bicyclic) bond motifs is 6. The Morgan fingerprint density at radius 3 is 2.52 bits per heavy atom. The van der Waals surface area contributed by atoms with Gasteiger partial charge < -0.3 is 15.0 Å². The summed E-state index contributed by atoms with van der Waals surface area (Å²) in [4.78, 5) is 23.5. The molecule has 5 aliphatic carbocycles. The topological polar surface area (TPSA) is 77.4 Å². The molecule has 0 saturated heterocycles. The summed E-state index contributed by atoms with van der Waals surface area (Å²) in [5, 5.41) is 22.5. The Labute approximate surface area is 216 Å². The molecule has 0 bridgehead atoms. The number of hydrogen-bond acceptors (Lipinski definition) is 4. The van der Waals surface area contributed by atoms with Crippen molar-refractivity contribution in [2.24, 2.45) is 28.6 Å². The van der Waals surface area contributed by atoms with E-state index in [0.717, 1.165) is 50.5 Å². The van der Waals surface area contributed by atoms with Gasteiger partial charge in [-0.15, -0.1) is 0 Å². The predicted octanol–water partition coefficient (Wildman–Crippen LogP) is 0.0937. The smallest absolute Gasteiger partial charge is 0.550 e. The summed E-state index contributed by atoms with van der Waals surface area (Å²) in [6, 6.07) is 0. The van der Waals surface area contributed by atoms with Gasteiger partial charge in [0.05, 0.1) is 5.60 Å². The van der Waals surface area contributed by atoms with Crippen molar-refractivity contribution in [1.29, 1.82) is 0 Å². The second-order valence-corrected chi connectivity index (χ2v) is 10.5. The number of rotatable bonds is 3. The number of aliphatic hydroxyl groups is 1. The molecule has 0 amide bonds. The third kappa shape index (κ3) is 2.94. The van der Waals surface area contributed by atoms with Crippen LogP contribution in [-0.4, -0.2) is 22.5 Å². The normalized spacial score (nSPS) is 45.1. The average molecular weight is 423 g/mol. The second-order valence-electron chi connectivity index (χ2n) is 10.5. The molecule has 3 unspecified atom stereocenters. The summed E-state index contributed by atoms with van der Waals surface area (Å²) in [5.41, 5.74) is 2.80. The first kappa shape index (κ1) is 22.4. The summed E-state index contributed by atoms with van der Waals surface area (Å²) in [5.74, 6) is 0.738. The predicted molar refractivity (Wildman–Crippen MR) is 103 cm³/mol. The molecule has 0 radical (unpaired) electrons. The van der Waals surface area contributed by atoms with E-state index in [1.807, 2.05) is 6.08 Å². The van der Waals surface area contributed by atoms with Crippen LogP contribution in [0.3, 0.4) is 0 Å². The number of allylic oxidation sites excluding steroid dienone is 4. The minimum atomic E-state index is -1.06. The van der Waals surface area contributed by atoms with Crippen molar-refractivity contribution < 1.29 is 71.2 Å². The van der Waals surface area contributed by atoms with Crippen LogP contribution in [-0.2, 0) is 9.59 Å². The molecule has 0 heterocycles. The van der Waals surface area contributed by atoms with E-state index >= 15 is 0 Å². The van der Waals surface area contributed by atoms with Crippen LogP contribution in [0.5, 0.6) is 0 Å². The molecule has 29 heavy (non-hydrogen) atoms. The van der Waals surface area contributed by atoms with E-state index in [9.17, 15) is 19.8 Å². The maximum absolute atomic E-state index is 12.4. The first-order valence-electron chi connectivity index (χ1n) is 11.1. The molecular formula is C24H31KO4. The van der Waals surface area contributed by atoms with Crippen LogP contribution >= 0.6 is 0 Å². The molecule has 0 spiro atoms. The molecule has 5 aliphatic rings. The van der Waals surface area contributed by atoms with E-state index < -0.39 is 11.6 Å². The number of carbonyl (C=O) groups is 2. The van der Waals surface area contributed by atoms with Gasteiger partial charge in [-0.2, -0.15) is 0 Å². The van der Waals surface area contributed by atoms with E-state index in [0.29, 0.717) is 30.6 Å². The average Bonchev–Trinajstić information content (AvgIpc) is 2.86.